The van der Waals surface area contributed by atoms with Crippen LogP contribution in [0.3, 0.4) is 0 Å². The monoisotopic (exact) mass is 322 g/mol. The van der Waals surface area contributed by atoms with Crippen molar-refractivity contribution in [3.05, 3.63) is 47.0 Å². The Morgan fingerprint density at radius 3 is 3.00 bits per heavy atom. The van der Waals surface area contributed by atoms with Crippen LogP contribution in [0.2, 0.25) is 0 Å². The normalized spacial score (nSPS) is 20.2. The third kappa shape index (κ3) is 2.70. The Balaban J connectivity index is 1.81. The third-order valence-electron chi connectivity index (χ3n) is 3.94. The lowest BCUT2D eigenvalue weighted by Gasteiger charge is -2.34. The number of benzene rings is 1. The standard InChI is InChI=1S/C15H16F2N4O2/c1-9-19-20-13-7-23-8-15(2,21(9)13)14(22)18-6-10-5-11(16)3-4-12(10)17/h3-5H,6-8H2,1-2H3,(H,18,22). The number of rotatable bonds is 3. The molecule has 2 aromatic rings. The molecule has 1 N–H and O–H groups in total. The summed E-state index contributed by atoms with van der Waals surface area (Å²) in [6.45, 7) is 3.76. The first kappa shape index (κ1) is 15.5. The fraction of sp³-hybridized carbons (Fsp3) is 0.400. The van der Waals surface area contributed by atoms with Crippen LogP contribution in [0.25, 0.3) is 0 Å². The van der Waals surface area contributed by atoms with Gasteiger partial charge in [0.1, 0.15) is 29.6 Å². The van der Waals surface area contributed by atoms with Crippen LogP contribution in [0.15, 0.2) is 18.2 Å². The first-order valence-corrected chi connectivity index (χ1v) is 7.13. The van der Waals surface area contributed by atoms with Gasteiger partial charge in [-0.3, -0.25) is 9.36 Å². The van der Waals surface area contributed by atoms with Gasteiger partial charge in [0.15, 0.2) is 5.82 Å². The lowest BCUT2D eigenvalue weighted by Crippen LogP contribution is -2.52. The average Bonchev–Trinajstić information content (AvgIpc) is 2.91. The van der Waals surface area contributed by atoms with E-state index in [0.29, 0.717) is 11.6 Å². The fourth-order valence-corrected chi connectivity index (χ4v) is 2.76. The van der Waals surface area contributed by atoms with Crippen LogP contribution in [0, 0.1) is 18.6 Å². The second-order valence-corrected chi connectivity index (χ2v) is 5.68. The number of fused-ring (bicyclic) bond motifs is 1. The highest BCUT2D eigenvalue weighted by atomic mass is 19.1. The van der Waals surface area contributed by atoms with Crippen LogP contribution in [0.5, 0.6) is 0 Å². The molecule has 0 saturated heterocycles. The first-order chi connectivity index (χ1) is 10.9. The summed E-state index contributed by atoms with van der Waals surface area (Å²) in [5.74, 6) is -0.344. The number of nitrogens with zero attached hydrogens (tertiary/aromatic N) is 3. The maximum absolute atomic E-state index is 13.6. The molecule has 1 aliphatic heterocycles. The molecule has 0 spiro atoms. The molecule has 0 aliphatic carbocycles. The molecule has 2 heterocycles. The molecule has 3 rings (SSSR count). The smallest absolute Gasteiger partial charge is 0.248 e. The number of carbonyl (C=O) groups excluding carboxylic acids is 1. The average molecular weight is 322 g/mol. The summed E-state index contributed by atoms with van der Waals surface area (Å²) in [7, 11) is 0. The SMILES string of the molecule is Cc1nnc2n1C(C)(C(=O)NCc1cc(F)ccc1F)COC2. The molecule has 0 radical (unpaired) electrons. The molecule has 23 heavy (non-hydrogen) atoms. The number of hydrogen-bond acceptors (Lipinski definition) is 4. The van der Waals surface area contributed by atoms with Gasteiger partial charge in [-0.15, -0.1) is 10.2 Å². The van der Waals surface area contributed by atoms with Gasteiger partial charge in [-0.05, 0) is 32.0 Å². The topological polar surface area (TPSA) is 69.0 Å². The second kappa shape index (κ2) is 5.69. The molecule has 8 heteroatoms. The maximum atomic E-state index is 13.6. The molecule has 0 bridgehead atoms. The largest absolute Gasteiger partial charge is 0.370 e. The van der Waals surface area contributed by atoms with Crippen LogP contribution in [0.4, 0.5) is 8.78 Å². The summed E-state index contributed by atoms with van der Waals surface area (Å²) in [5.41, 5.74) is -0.954. The van der Waals surface area contributed by atoms with Gasteiger partial charge >= 0.3 is 0 Å². The van der Waals surface area contributed by atoms with E-state index in [2.05, 4.69) is 15.5 Å². The van der Waals surface area contributed by atoms with Crippen molar-refractivity contribution in [2.75, 3.05) is 6.61 Å². The Morgan fingerprint density at radius 1 is 1.43 bits per heavy atom. The lowest BCUT2D eigenvalue weighted by molar-refractivity contribution is -0.135. The van der Waals surface area contributed by atoms with Gasteiger partial charge in [0, 0.05) is 12.1 Å². The highest BCUT2D eigenvalue weighted by Crippen LogP contribution is 2.26. The molecule has 1 aliphatic rings. The highest BCUT2D eigenvalue weighted by molar-refractivity contribution is 5.84. The number of amides is 1. The Kier molecular flexibility index (Phi) is 3.85. The second-order valence-electron chi connectivity index (χ2n) is 5.68. The molecule has 122 valence electrons. The Bertz CT molecular complexity index is 762. The molecular weight excluding hydrogens is 306 g/mol. The summed E-state index contributed by atoms with van der Waals surface area (Å²) < 4.78 is 34.0. The van der Waals surface area contributed by atoms with Gasteiger partial charge in [-0.25, -0.2) is 8.78 Å². The molecule has 1 amide bonds. The lowest BCUT2D eigenvalue weighted by atomic mass is 10.00. The summed E-state index contributed by atoms with van der Waals surface area (Å²) in [5, 5.41) is 10.6. The zero-order valence-electron chi connectivity index (χ0n) is 12.8. The van der Waals surface area contributed by atoms with E-state index in [4.69, 9.17) is 4.74 Å². The van der Waals surface area contributed by atoms with Crippen molar-refractivity contribution >= 4 is 5.91 Å². The summed E-state index contributed by atoms with van der Waals surface area (Å²) in [6, 6.07) is 3.12. The van der Waals surface area contributed by atoms with Crippen molar-refractivity contribution < 1.29 is 18.3 Å². The molecule has 0 saturated carbocycles. The minimum absolute atomic E-state index is 0.0828. The van der Waals surface area contributed by atoms with Crippen molar-refractivity contribution in [3.63, 3.8) is 0 Å². The summed E-state index contributed by atoms with van der Waals surface area (Å²) in [4.78, 5) is 12.6. The highest BCUT2D eigenvalue weighted by Gasteiger charge is 2.41. The zero-order valence-corrected chi connectivity index (χ0v) is 12.8. The number of ether oxygens (including phenoxy) is 1. The van der Waals surface area contributed by atoms with Crippen molar-refractivity contribution in [2.24, 2.45) is 0 Å². The molecule has 1 unspecified atom stereocenters. The number of carbonyl (C=O) groups is 1. The van der Waals surface area contributed by atoms with Gasteiger partial charge in [0.2, 0.25) is 5.91 Å². The van der Waals surface area contributed by atoms with E-state index in [-0.39, 0.29) is 31.2 Å². The van der Waals surface area contributed by atoms with Crippen LogP contribution >= 0.6 is 0 Å². The van der Waals surface area contributed by atoms with E-state index >= 15 is 0 Å². The van der Waals surface area contributed by atoms with Crippen LogP contribution in [0.1, 0.15) is 24.1 Å². The van der Waals surface area contributed by atoms with E-state index in [1.54, 1.807) is 18.4 Å². The summed E-state index contributed by atoms with van der Waals surface area (Å²) in [6.07, 6.45) is 0. The van der Waals surface area contributed by atoms with E-state index in [1.807, 2.05) is 0 Å². The van der Waals surface area contributed by atoms with Gasteiger partial charge in [0.25, 0.3) is 0 Å². The summed E-state index contributed by atoms with van der Waals surface area (Å²) >= 11 is 0. The Labute approximate surface area is 131 Å². The van der Waals surface area contributed by atoms with Crippen LogP contribution in [-0.2, 0) is 28.2 Å². The quantitative estimate of drug-likeness (QED) is 0.928. The number of aromatic nitrogens is 3. The molecular formula is C15H16F2N4O2. The molecule has 1 aromatic carbocycles. The fourth-order valence-electron chi connectivity index (χ4n) is 2.76. The number of hydrogen-bond donors (Lipinski definition) is 1. The molecule has 1 atom stereocenters. The van der Waals surface area contributed by atoms with E-state index in [9.17, 15) is 13.6 Å². The van der Waals surface area contributed by atoms with Gasteiger partial charge in [-0.1, -0.05) is 0 Å². The first-order valence-electron chi connectivity index (χ1n) is 7.13. The van der Waals surface area contributed by atoms with E-state index in [1.165, 1.54) is 0 Å². The van der Waals surface area contributed by atoms with E-state index in [0.717, 1.165) is 18.2 Å². The van der Waals surface area contributed by atoms with Crippen molar-refractivity contribution in [1.29, 1.82) is 0 Å². The number of halogens is 2. The van der Waals surface area contributed by atoms with Gasteiger partial charge in [-0.2, -0.15) is 0 Å². The predicted molar refractivity (Wildman–Crippen MR) is 76.3 cm³/mol. The van der Waals surface area contributed by atoms with Crippen LogP contribution in [-0.4, -0.2) is 27.3 Å². The number of aryl methyl sites for hydroxylation is 1. The minimum atomic E-state index is -1.04. The van der Waals surface area contributed by atoms with Gasteiger partial charge < -0.3 is 10.1 Å². The van der Waals surface area contributed by atoms with Gasteiger partial charge in [0.05, 0.1) is 6.61 Å². The van der Waals surface area contributed by atoms with Crippen molar-refractivity contribution in [3.8, 4) is 0 Å². The van der Waals surface area contributed by atoms with Crippen LogP contribution < -0.4 is 5.32 Å². The third-order valence-corrected chi connectivity index (χ3v) is 3.94. The maximum Gasteiger partial charge on any atom is 0.248 e. The molecule has 6 nitrogen and oxygen atoms in total. The Hall–Kier alpha value is -2.35. The molecule has 0 fully saturated rings. The Morgan fingerprint density at radius 2 is 2.22 bits per heavy atom. The predicted octanol–water partition coefficient (Wildman–Crippen LogP) is 1.43. The minimum Gasteiger partial charge on any atom is -0.370 e. The zero-order chi connectivity index (χ0) is 16.6. The van der Waals surface area contributed by atoms with Crippen molar-refractivity contribution in [2.45, 2.75) is 32.5 Å². The van der Waals surface area contributed by atoms with E-state index < -0.39 is 17.2 Å². The van der Waals surface area contributed by atoms with Crippen molar-refractivity contribution in [1.82, 2.24) is 20.1 Å². The molecule has 1 aromatic heterocycles. The number of nitrogens with one attached hydrogen (secondary N) is 1.